The Bertz CT molecular complexity index is 1190. The van der Waals surface area contributed by atoms with Gasteiger partial charge in [-0.05, 0) is 43.0 Å². The van der Waals surface area contributed by atoms with E-state index in [1.54, 1.807) is 6.20 Å². The van der Waals surface area contributed by atoms with Crippen LogP contribution in [0.3, 0.4) is 0 Å². The van der Waals surface area contributed by atoms with E-state index in [0.717, 1.165) is 29.4 Å². The number of nitrogens with zero attached hydrogens (tertiary/aromatic N) is 2. The highest BCUT2D eigenvalue weighted by molar-refractivity contribution is 6.05. The second-order valence-corrected chi connectivity index (χ2v) is 8.59. The van der Waals surface area contributed by atoms with E-state index in [0.29, 0.717) is 30.1 Å². The summed E-state index contributed by atoms with van der Waals surface area (Å²) in [6.07, 6.45) is 3.59. The number of hydrogen-bond donors (Lipinski definition) is 2. The average Bonchev–Trinajstić information content (AvgIpc) is 3.34. The molecule has 0 bridgehead atoms. The zero-order valence-electron chi connectivity index (χ0n) is 16.5. The van der Waals surface area contributed by atoms with Crippen molar-refractivity contribution in [2.75, 3.05) is 18.4 Å². The van der Waals surface area contributed by atoms with Crippen LogP contribution in [0.1, 0.15) is 33.6 Å². The summed E-state index contributed by atoms with van der Waals surface area (Å²) in [7, 11) is 0. The van der Waals surface area contributed by atoms with Crippen LogP contribution in [0.25, 0.3) is 10.9 Å². The van der Waals surface area contributed by atoms with Gasteiger partial charge in [-0.15, -0.1) is 0 Å². The lowest BCUT2D eigenvalue weighted by atomic mass is 9.89. The predicted molar refractivity (Wildman–Crippen MR) is 114 cm³/mol. The van der Waals surface area contributed by atoms with Crippen molar-refractivity contribution in [1.82, 2.24) is 15.2 Å². The third-order valence-electron chi connectivity index (χ3n) is 7.00. The molecule has 1 saturated carbocycles. The summed E-state index contributed by atoms with van der Waals surface area (Å²) in [5.41, 5.74) is 2.47. The topological polar surface area (TPSA) is 74.3 Å². The van der Waals surface area contributed by atoms with Crippen LogP contribution in [0, 0.1) is 11.8 Å². The van der Waals surface area contributed by atoms with Gasteiger partial charge < -0.3 is 15.5 Å². The molecule has 150 valence electrons. The molecule has 6 rings (SSSR count). The van der Waals surface area contributed by atoms with Crippen molar-refractivity contribution in [3.8, 4) is 0 Å². The molecule has 2 N–H and O–H groups in total. The van der Waals surface area contributed by atoms with Crippen LogP contribution >= 0.6 is 0 Å². The Morgan fingerprint density at radius 2 is 1.90 bits per heavy atom. The lowest BCUT2D eigenvalue weighted by Crippen LogP contribution is -2.61. The second kappa shape index (κ2) is 6.29. The number of carbonyl (C=O) groups excluding carboxylic acids is 2. The Hall–Kier alpha value is -3.41. The third-order valence-corrected chi connectivity index (χ3v) is 7.00. The van der Waals surface area contributed by atoms with E-state index in [2.05, 4.69) is 15.6 Å². The molecule has 0 radical (unpaired) electrons. The molecule has 0 unspecified atom stereocenters. The van der Waals surface area contributed by atoms with E-state index in [1.807, 2.05) is 59.5 Å². The van der Waals surface area contributed by atoms with Crippen LogP contribution in [0.4, 0.5) is 5.69 Å². The number of amides is 2. The van der Waals surface area contributed by atoms with Gasteiger partial charge in [0, 0.05) is 36.3 Å². The highest BCUT2D eigenvalue weighted by atomic mass is 16.2. The third kappa shape index (κ3) is 2.46. The molecule has 2 aliphatic heterocycles. The van der Waals surface area contributed by atoms with Gasteiger partial charge in [0.05, 0.1) is 16.6 Å². The number of hydrogen-bond acceptors (Lipinski definition) is 4. The number of aromatic nitrogens is 1. The molecule has 1 spiro atoms. The lowest BCUT2D eigenvalue weighted by molar-refractivity contribution is 0.0769. The highest BCUT2D eigenvalue weighted by Gasteiger charge is 2.55. The largest absolute Gasteiger partial charge is 0.362 e. The summed E-state index contributed by atoms with van der Waals surface area (Å²) >= 11 is 0. The number of benzene rings is 2. The molecule has 1 aromatic heterocycles. The van der Waals surface area contributed by atoms with Crippen molar-refractivity contribution >= 4 is 28.4 Å². The van der Waals surface area contributed by atoms with Crippen LogP contribution in [-0.4, -0.2) is 40.5 Å². The minimum Gasteiger partial charge on any atom is -0.362 e. The van der Waals surface area contributed by atoms with Gasteiger partial charge >= 0.3 is 0 Å². The van der Waals surface area contributed by atoms with Crippen molar-refractivity contribution in [2.45, 2.75) is 18.5 Å². The Balaban J connectivity index is 1.30. The maximum absolute atomic E-state index is 13.4. The zero-order valence-corrected chi connectivity index (χ0v) is 16.5. The molecule has 2 amide bonds. The number of rotatable bonds is 1. The molecule has 3 heterocycles. The molecule has 2 aromatic carbocycles. The number of carbonyl (C=O) groups is 2. The average molecular weight is 398 g/mol. The van der Waals surface area contributed by atoms with Gasteiger partial charge in [0.2, 0.25) is 0 Å². The van der Waals surface area contributed by atoms with Crippen LogP contribution in [0.5, 0.6) is 0 Å². The van der Waals surface area contributed by atoms with E-state index in [4.69, 9.17) is 0 Å². The molecule has 2 fully saturated rings. The van der Waals surface area contributed by atoms with Crippen LogP contribution in [-0.2, 0) is 0 Å². The molecule has 6 heteroatoms. The van der Waals surface area contributed by atoms with Gasteiger partial charge in [-0.2, -0.15) is 0 Å². The fraction of sp³-hybridized carbons (Fsp3) is 0.292. The number of likely N-dealkylation sites (tertiary alicyclic amines) is 1. The van der Waals surface area contributed by atoms with Crippen molar-refractivity contribution in [2.24, 2.45) is 11.8 Å². The van der Waals surface area contributed by atoms with Gasteiger partial charge in [-0.25, -0.2) is 0 Å². The molecular weight excluding hydrogens is 376 g/mol. The smallest absolute Gasteiger partial charge is 0.256 e. The SMILES string of the molecule is O=C1N[C@]2(CC[C@@H]3CN(C(=O)c4cccc5cccnc45)C[C@@H]32)Nc2ccccc21. The first-order valence-electron chi connectivity index (χ1n) is 10.5. The summed E-state index contributed by atoms with van der Waals surface area (Å²) < 4.78 is 0. The van der Waals surface area contributed by atoms with Gasteiger partial charge in [0.25, 0.3) is 11.8 Å². The summed E-state index contributed by atoms with van der Waals surface area (Å²) in [6.45, 7) is 1.34. The Labute approximate surface area is 174 Å². The maximum atomic E-state index is 13.4. The fourth-order valence-electron chi connectivity index (χ4n) is 5.58. The van der Waals surface area contributed by atoms with E-state index in [9.17, 15) is 9.59 Å². The number of nitrogens with one attached hydrogen (secondary N) is 2. The van der Waals surface area contributed by atoms with Crippen molar-refractivity contribution in [3.05, 3.63) is 71.9 Å². The first-order chi connectivity index (χ1) is 14.6. The molecule has 6 nitrogen and oxygen atoms in total. The minimum absolute atomic E-state index is 0.0198. The number of fused-ring (bicyclic) bond motifs is 4. The number of para-hydroxylation sites is 2. The monoisotopic (exact) mass is 398 g/mol. The number of pyridine rings is 1. The molecular formula is C24H22N4O2. The van der Waals surface area contributed by atoms with Crippen LogP contribution < -0.4 is 10.6 Å². The van der Waals surface area contributed by atoms with E-state index in [1.165, 1.54) is 0 Å². The second-order valence-electron chi connectivity index (χ2n) is 8.59. The summed E-state index contributed by atoms with van der Waals surface area (Å²) in [5, 5.41) is 7.84. The minimum atomic E-state index is -0.484. The Morgan fingerprint density at radius 3 is 2.83 bits per heavy atom. The molecule has 3 aromatic rings. The van der Waals surface area contributed by atoms with Gasteiger partial charge in [-0.1, -0.05) is 30.3 Å². The van der Waals surface area contributed by atoms with Crippen molar-refractivity contribution in [1.29, 1.82) is 0 Å². The van der Waals surface area contributed by atoms with Crippen molar-refractivity contribution < 1.29 is 9.59 Å². The molecule has 1 aliphatic carbocycles. The van der Waals surface area contributed by atoms with Gasteiger partial charge in [0.1, 0.15) is 5.66 Å². The summed E-state index contributed by atoms with van der Waals surface area (Å²) in [5.74, 6) is 0.538. The molecule has 3 atom stereocenters. The zero-order chi connectivity index (χ0) is 20.3. The van der Waals surface area contributed by atoms with E-state index in [-0.39, 0.29) is 17.7 Å². The lowest BCUT2D eigenvalue weighted by Gasteiger charge is -2.42. The standard InChI is InChI=1S/C24H22N4O2/c29-22-17-7-1-2-9-20(17)26-24(27-22)11-10-16-13-28(14-19(16)24)23(30)18-8-3-5-15-6-4-12-25-21(15)18/h1-9,12,16,19,26H,10-11,13-14H2,(H,27,29)/t16-,19+,24+/m1/s1. The first kappa shape index (κ1) is 17.4. The molecule has 3 aliphatic rings. The fourth-order valence-corrected chi connectivity index (χ4v) is 5.58. The van der Waals surface area contributed by atoms with Crippen LogP contribution in [0.15, 0.2) is 60.8 Å². The predicted octanol–water partition coefficient (Wildman–Crippen LogP) is 3.27. The summed E-state index contributed by atoms with van der Waals surface area (Å²) in [4.78, 5) is 32.6. The molecule has 30 heavy (non-hydrogen) atoms. The highest BCUT2D eigenvalue weighted by Crippen LogP contribution is 2.47. The maximum Gasteiger partial charge on any atom is 0.256 e. The molecule has 1 saturated heterocycles. The van der Waals surface area contributed by atoms with Crippen LogP contribution in [0.2, 0.25) is 0 Å². The van der Waals surface area contributed by atoms with Crippen molar-refractivity contribution in [3.63, 3.8) is 0 Å². The Morgan fingerprint density at radius 1 is 1.03 bits per heavy atom. The first-order valence-corrected chi connectivity index (χ1v) is 10.5. The van der Waals surface area contributed by atoms with Gasteiger partial charge in [-0.3, -0.25) is 14.6 Å². The normalized spacial score (nSPS) is 26.9. The Kier molecular flexibility index (Phi) is 3.66. The quantitative estimate of drug-likeness (QED) is 0.660. The van der Waals surface area contributed by atoms with E-state index >= 15 is 0 Å². The number of anilines is 1. The van der Waals surface area contributed by atoms with E-state index < -0.39 is 5.66 Å². The summed E-state index contributed by atoms with van der Waals surface area (Å²) in [6, 6.07) is 17.2. The van der Waals surface area contributed by atoms with Gasteiger partial charge in [0.15, 0.2) is 0 Å².